The maximum absolute atomic E-state index is 12.6. The zero-order valence-corrected chi connectivity index (χ0v) is 17.8. The summed E-state index contributed by atoms with van der Waals surface area (Å²) in [7, 11) is 0. The van der Waals surface area contributed by atoms with E-state index in [1.165, 1.54) is 0 Å². The molecule has 2 amide bonds. The van der Waals surface area contributed by atoms with Gasteiger partial charge in [-0.05, 0) is 73.8 Å². The van der Waals surface area contributed by atoms with Gasteiger partial charge in [-0.1, -0.05) is 0 Å². The third-order valence-electron chi connectivity index (χ3n) is 5.04. The highest BCUT2D eigenvalue weighted by atomic mass is 16.6. The molecule has 0 aliphatic carbocycles. The van der Waals surface area contributed by atoms with Gasteiger partial charge in [-0.3, -0.25) is 9.69 Å². The molecule has 1 unspecified atom stereocenters. The number of aliphatic hydroxyl groups is 1. The third-order valence-corrected chi connectivity index (χ3v) is 5.04. The standard InChI is InChI=1S/C20H37N3O4/c1-18(2,3)21-16(24)20(26)10-7-11-23(14-20)15-8-12-22(13-9-15)17(25)27-19(4,5)6/h15,26H,7-14H2,1-6H3,(H,21,24). The molecule has 2 heterocycles. The second kappa shape index (κ2) is 7.95. The lowest BCUT2D eigenvalue weighted by atomic mass is 9.88. The first-order valence-corrected chi connectivity index (χ1v) is 10.1. The van der Waals surface area contributed by atoms with Crippen molar-refractivity contribution in [2.24, 2.45) is 0 Å². The van der Waals surface area contributed by atoms with E-state index in [9.17, 15) is 14.7 Å². The number of β-amino-alcohol motifs (C(OH)–C–C–N with tert-alkyl or cyclic N) is 1. The summed E-state index contributed by atoms with van der Waals surface area (Å²) in [5.41, 5.74) is -2.20. The number of ether oxygens (including phenoxy) is 1. The molecule has 2 rings (SSSR count). The maximum atomic E-state index is 12.6. The molecule has 2 fully saturated rings. The molecule has 7 nitrogen and oxygen atoms in total. The van der Waals surface area contributed by atoms with Crippen molar-refractivity contribution in [2.75, 3.05) is 26.2 Å². The van der Waals surface area contributed by atoms with Crippen molar-refractivity contribution >= 4 is 12.0 Å². The van der Waals surface area contributed by atoms with Gasteiger partial charge in [0.25, 0.3) is 5.91 Å². The van der Waals surface area contributed by atoms with Gasteiger partial charge in [0.2, 0.25) is 0 Å². The van der Waals surface area contributed by atoms with Gasteiger partial charge in [-0.15, -0.1) is 0 Å². The van der Waals surface area contributed by atoms with Gasteiger partial charge in [0.05, 0.1) is 0 Å². The van der Waals surface area contributed by atoms with E-state index in [1.54, 1.807) is 4.90 Å². The van der Waals surface area contributed by atoms with Crippen molar-refractivity contribution in [3.05, 3.63) is 0 Å². The second-order valence-corrected chi connectivity index (χ2v) is 10.0. The summed E-state index contributed by atoms with van der Waals surface area (Å²) in [6.45, 7) is 13.9. The van der Waals surface area contributed by atoms with Crippen LogP contribution in [0.1, 0.15) is 67.2 Å². The minimum atomic E-state index is -1.34. The molecule has 0 aromatic carbocycles. The van der Waals surface area contributed by atoms with Gasteiger partial charge in [-0.2, -0.15) is 0 Å². The summed E-state index contributed by atoms with van der Waals surface area (Å²) in [6, 6.07) is 0.276. The molecule has 7 heteroatoms. The predicted molar refractivity (Wildman–Crippen MR) is 104 cm³/mol. The van der Waals surface area contributed by atoms with Crippen LogP contribution in [0.25, 0.3) is 0 Å². The van der Waals surface area contributed by atoms with Crippen molar-refractivity contribution in [3.8, 4) is 0 Å². The van der Waals surface area contributed by atoms with Gasteiger partial charge >= 0.3 is 6.09 Å². The lowest BCUT2D eigenvalue weighted by Gasteiger charge is -2.45. The normalized spacial score (nSPS) is 26.0. The van der Waals surface area contributed by atoms with Gasteiger partial charge in [-0.25, -0.2) is 4.79 Å². The van der Waals surface area contributed by atoms with Crippen molar-refractivity contribution in [1.29, 1.82) is 0 Å². The van der Waals surface area contributed by atoms with E-state index in [0.29, 0.717) is 26.1 Å². The molecular weight excluding hydrogens is 346 g/mol. The van der Waals surface area contributed by atoms with Crippen LogP contribution in [0.4, 0.5) is 4.79 Å². The van der Waals surface area contributed by atoms with Crippen molar-refractivity contribution in [3.63, 3.8) is 0 Å². The zero-order chi connectivity index (χ0) is 20.5. The summed E-state index contributed by atoms with van der Waals surface area (Å²) in [5.74, 6) is -0.286. The second-order valence-electron chi connectivity index (χ2n) is 10.0. The third kappa shape index (κ3) is 6.35. The highest BCUT2D eigenvalue weighted by Crippen LogP contribution is 2.27. The first-order chi connectivity index (χ1) is 12.3. The van der Waals surface area contributed by atoms with E-state index < -0.39 is 11.2 Å². The zero-order valence-electron chi connectivity index (χ0n) is 17.8. The number of likely N-dealkylation sites (tertiary alicyclic amines) is 2. The molecule has 2 aliphatic rings. The highest BCUT2D eigenvalue weighted by Gasteiger charge is 2.43. The van der Waals surface area contributed by atoms with Crippen LogP contribution in [-0.2, 0) is 9.53 Å². The molecule has 1 atom stereocenters. The Morgan fingerprint density at radius 2 is 1.67 bits per heavy atom. The molecule has 0 aromatic rings. The summed E-state index contributed by atoms with van der Waals surface area (Å²) >= 11 is 0. The molecule has 2 aliphatic heterocycles. The number of hydrogen-bond donors (Lipinski definition) is 2. The molecule has 27 heavy (non-hydrogen) atoms. The highest BCUT2D eigenvalue weighted by molar-refractivity contribution is 5.85. The fraction of sp³-hybridized carbons (Fsp3) is 0.900. The largest absolute Gasteiger partial charge is 0.444 e. The lowest BCUT2D eigenvalue weighted by molar-refractivity contribution is -0.148. The number of piperidine rings is 2. The predicted octanol–water partition coefficient (Wildman–Crippen LogP) is 2.13. The molecule has 2 saturated heterocycles. The van der Waals surface area contributed by atoms with Crippen molar-refractivity contribution < 1.29 is 19.4 Å². The van der Waals surface area contributed by atoms with E-state index >= 15 is 0 Å². The van der Waals surface area contributed by atoms with E-state index in [0.717, 1.165) is 25.8 Å². The van der Waals surface area contributed by atoms with Crippen LogP contribution in [0.3, 0.4) is 0 Å². The van der Waals surface area contributed by atoms with E-state index in [1.807, 2.05) is 41.5 Å². The average Bonchev–Trinajstić information content (AvgIpc) is 2.52. The van der Waals surface area contributed by atoms with Crippen LogP contribution < -0.4 is 5.32 Å². The van der Waals surface area contributed by atoms with E-state index in [2.05, 4.69) is 10.2 Å². The molecule has 0 spiro atoms. The smallest absolute Gasteiger partial charge is 0.410 e. The molecule has 0 radical (unpaired) electrons. The maximum Gasteiger partial charge on any atom is 0.410 e. The Bertz CT molecular complexity index is 544. The number of nitrogens with one attached hydrogen (secondary N) is 1. The number of carbonyl (C=O) groups is 2. The molecule has 0 aromatic heterocycles. The van der Waals surface area contributed by atoms with Crippen LogP contribution in [0, 0.1) is 0 Å². The Labute approximate surface area is 163 Å². The van der Waals surface area contributed by atoms with Gasteiger partial charge in [0.15, 0.2) is 5.60 Å². The van der Waals surface area contributed by atoms with Crippen LogP contribution in [0.15, 0.2) is 0 Å². The Hall–Kier alpha value is -1.34. The minimum Gasteiger partial charge on any atom is -0.444 e. The number of carbonyl (C=O) groups excluding carboxylic acids is 2. The minimum absolute atomic E-state index is 0.263. The summed E-state index contributed by atoms with van der Waals surface area (Å²) < 4.78 is 5.45. The van der Waals surface area contributed by atoms with Crippen molar-refractivity contribution in [1.82, 2.24) is 15.1 Å². The van der Waals surface area contributed by atoms with Gasteiger partial charge < -0.3 is 20.1 Å². The van der Waals surface area contributed by atoms with E-state index in [-0.39, 0.29) is 23.6 Å². The Balaban J connectivity index is 1.90. The molecule has 2 N–H and O–H groups in total. The Kier molecular flexibility index (Phi) is 6.47. The Morgan fingerprint density at radius 1 is 1.07 bits per heavy atom. The molecule has 156 valence electrons. The molecule has 0 saturated carbocycles. The molecule has 0 bridgehead atoms. The topological polar surface area (TPSA) is 82.1 Å². The quantitative estimate of drug-likeness (QED) is 0.763. The number of nitrogens with zero attached hydrogens (tertiary/aromatic N) is 2. The molecular formula is C20H37N3O4. The summed E-state index contributed by atoms with van der Waals surface area (Å²) in [5, 5.41) is 13.8. The van der Waals surface area contributed by atoms with Crippen LogP contribution in [0.2, 0.25) is 0 Å². The van der Waals surface area contributed by atoms with Gasteiger partial charge in [0, 0.05) is 31.2 Å². The number of amides is 2. The first kappa shape index (κ1) is 22.0. The lowest BCUT2D eigenvalue weighted by Crippen LogP contribution is -2.62. The van der Waals surface area contributed by atoms with Gasteiger partial charge in [0.1, 0.15) is 5.60 Å². The first-order valence-electron chi connectivity index (χ1n) is 10.1. The summed E-state index contributed by atoms with van der Waals surface area (Å²) in [4.78, 5) is 28.8. The number of hydrogen-bond acceptors (Lipinski definition) is 5. The Morgan fingerprint density at radius 3 is 2.19 bits per heavy atom. The van der Waals surface area contributed by atoms with Crippen molar-refractivity contribution in [2.45, 2.75) is 90.0 Å². The number of rotatable bonds is 2. The fourth-order valence-corrected chi connectivity index (χ4v) is 3.76. The van der Waals surface area contributed by atoms with Crippen LogP contribution >= 0.6 is 0 Å². The van der Waals surface area contributed by atoms with Crippen LogP contribution in [-0.4, -0.2) is 75.9 Å². The van der Waals surface area contributed by atoms with E-state index in [4.69, 9.17) is 4.74 Å². The average molecular weight is 384 g/mol. The SMILES string of the molecule is CC(C)(C)NC(=O)C1(O)CCCN(C2CCN(C(=O)OC(C)(C)C)CC2)C1. The van der Waals surface area contributed by atoms with Crippen LogP contribution in [0.5, 0.6) is 0 Å². The fourth-order valence-electron chi connectivity index (χ4n) is 3.76. The summed E-state index contributed by atoms with van der Waals surface area (Å²) in [6.07, 6.45) is 2.68. The monoisotopic (exact) mass is 383 g/mol.